The number of ether oxygens (including phenoxy) is 2. The number of hydrogen-bond donors (Lipinski definition) is 2. The molecule has 1 aromatic heterocycles. The Morgan fingerprint density at radius 3 is 2.50 bits per heavy atom. The number of nitrogens with zero attached hydrogens (tertiary/aromatic N) is 2. The van der Waals surface area contributed by atoms with Gasteiger partial charge < -0.3 is 19.9 Å². The van der Waals surface area contributed by atoms with Crippen molar-refractivity contribution in [3.63, 3.8) is 0 Å². The molecule has 2 aromatic rings. The lowest BCUT2D eigenvalue weighted by Gasteiger charge is -2.30. The van der Waals surface area contributed by atoms with E-state index in [2.05, 4.69) is 15.3 Å². The number of hydrogen-bond acceptors (Lipinski definition) is 6. The molecule has 3 rings (SSSR count). The van der Waals surface area contributed by atoms with Crippen LogP contribution in [0.25, 0.3) is 11.4 Å². The second kappa shape index (κ2) is 9.89. The van der Waals surface area contributed by atoms with E-state index in [1.807, 2.05) is 45.0 Å². The fourth-order valence-corrected chi connectivity index (χ4v) is 3.51. The molecule has 7 heteroatoms. The molecule has 0 atom stereocenters. The van der Waals surface area contributed by atoms with E-state index in [9.17, 15) is 9.90 Å². The Kier molecular flexibility index (Phi) is 7.26. The normalized spacial score (nSPS) is 19.2. The van der Waals surface area contributed by atoms with Crippen molar-refractivity contribution in [3.8, 4) is 17.1 Å². The molecule has 0 aliphatic heterocycles. The van der Waals surface area contributed by atoms with Crippen LogP contribution in [0.3, 0.4) is 0 Å². The van der Waals surface area contributed by atoms with Gasteiger partial charge in [0.1, 0.15) is 5.60 Å². The summed E-state index contributed by atoms with van der Waals surface area (Å²) in [5.74, 6) is 1.69. The molecule has 1 heterocycles. The first-order valence-electron chi connectivity index (χ1n) is 10.5. The first kappa shape index (κ1) is 22.0. The second-order valence-corrected chi connectivity index (χ2v) is 8.78. The Labute approximate surface area is 177 Å². The molecular formula is C23H31N3O4. The lowest BCUT2D eigenvalue weighted by molar-refractivity contribution is 0.0483. The lowest BCUT2D eigenvalue weighted by atomic mass is 9.86. The summed E-state index contributed by atoms with van der Waals surface area (Å²) in [5, 5.41) is 12.2. The summed E-state index contributed by atoms with van der Waals surface area (Å²) in [6.07, 6.45) is 6.85. The number of amides is 1. The summed E-state index contributed by atoms with van der Waals surface area (Å²) < 4.78 is 11.2. The van der Waals surface area contributed by atoms with Gasteiger partial charge in [0.05, 0.1) is 25.6 Å². The average molecular weight is 414 g/mol. The van der Waals surface area contributed by atoms with E-state index in [1.54, 1.807) is 12.4 Å². The maximum absolute atomic E-state index is 11.9. The van der Waals surface area contributed by atoms with Gasteiger partial charge in [-0.15, -0.1) is 0 Å². The Hall–Kier alpha value is -2.67. The average Bonchev–Trinajstić information content (AvgIpc) is 2.72. The van der Waals surface area contributed by atoms with Crippen molar-refractivity contribution in [3.05, 3.63) is 42.2 Å². The molecule has 2 N–H and O–H groups in total. The third-order valence-electron chi connectivity index (χ3n) is 5.05. The molecule has 1 aromatic carbocycles. The predicted molar refractivity (Wildman–Crippen MR) is 114 cm³/mol. The zero-order valence-electron chi connectivity index (χ0n) is 17.9. The molecule has 0 radical (unpaired) electrons. The summed E-state index contributed by atoms with van der Waals surface area (Å²) >= 11 is 0. The topological polar surface area (TPSA) is 93.6 Å². The van der Waals surface area contributed by atoms with E-state index < -0.39 is 5.60 Å². The van der Waals surface area contributed by atoms with Gasteiger partial charge in [0.2, 0.25) is 0 Å². The number of rotatable bonds is 6. The SMILES string of the molecule is CC(C)(C)OC(=O)NC1CCC(COc2cnc(-c3cccc(CO)c3)nc2)CC1. The van der Waals surface area contributed by atoms with E-state index in [0.717, 1.165) is 36.8 Å². The molecule has 0 saturated heterocycles. The van der Waals surface area contributed by atoms with Crippen LogP contribution >= 0.6 is 0 Å². The first-order valence-corrected chi connectivity index (χ1v) is 10.5. The quantitative estimate of drug-likeness (QED) is 0.741. The number of carbonyl (C=O) groups is 1. The Bertz CT molecular complexity index is 825. The monoisotopic (exact) mass is 413 g/mol. The second-order valence-electron chi connectivity index (χ2n) is 8.78. The summed E-state index contributed by atoms with van der Waals surface area (Å²) in [6.45, 7) is 6.20. The van der Waals surface area contributed by atoms with Gasteiger partial charge >= 0.3 is 6.09 Å². The van der Waals surface area contributed by atoms with Crippen LogP contribution in [-0.2, 0) is 11.3 Å². The van der Waals surface area contributed by atoms with Crippen molar-refractivity contribution in [1.82, 2.24) is 15.3 Å². The number of benzene rings is 1. The highest BCUT2D eigenvalue weighted by Gasteiger charge is 2.25. The molecule has 0 bridgehead atoms. The van der Waals surface area contributed by atoms with Crippen molar-refractivity contribution in [2.24, 2.45) is 5.92 Å². The van der Waals surface area contributed by atoms with Crippen LogP contribution in [0, 0.1) is 5.92 Å². The molecule has 1 aliphatic rings. The number of aromatic nitrogens is 2. The van der Waals surface area contributed by atoms with Crippen molar-refractivity contribution >= 4 is 6.09 Å². The standard InChI is InChI=1S/C23H31N3O4/c1-23(2,3)30-22(28)26-19-9-7-16(8-10-19)15-29-20-12-24-21(25-13-20)18-6-4-5-17(11-18)14-27/h4-6,11-13,16,19,27H,7-10,14-15H2,1-3H3,(H,26,28). The molecule has 1 aliphatic carbocycles. The summed E-state index contributed by atoms with van der Waals surface area (Å²) in [6, 6.07) is 7.69. The van der Waals surface area contributed by atoms with E-state index >= 15 is 0 Å². The minimum absolute atomic E-state index is 0.00935. The van der Waals surface area contributed by atoms with Crippen molar-refractivity contribution in [1.29, 1.82) is 0 Å². The third-order valence-corrected chi connectivity index (χ3v) is 5.05. The Morgan fingerprint density at radius 1 is 1.17 bits per heavy atom. The molecular weight excluding hydrogens is 382 g/mol. The molecule has 1 saturated carbocycles. The summed E-state index contributed by atoms with van der Waals surface area (Å²) in [4.78, 5) is 20.7. The van der Waals surface area contributed by atoms with E-state index in [0.29, 0.717) is 24.1 Å². The number of aliphatic hydroxyl groups excluding tert-OH is 1. The maximum atomic E-state index is 11.9. The third kappa shape index (κ3) is 6.69. The number of carbonyl (C=O) groups excluding carboxylic acids is 1. The molecule has 7 nitrogen and oxygen atoms in total. The molecule has 0 spiro atoms. The van der Waals surface area contributed by atoms with Gasteiger partial charge in [-0.1, -0.05) is 18.2 Å². The maximum Gasteiger partial charge on any atom is 0.407 e. The van der Waals surface area contributed by atoms with Gasteiger partial charge in [-0.05, 0) is 64.0 Å². The minimum Gasteiger partial charge on any atom is -0.490 e. The largest absolute Gasteiger partial charge is 0.490 e. The van der Waals surface area contributed by atoms with Crippen molar-refractivity contribution in [2.75, 3.05) is 6.61 Å². The van der Waals surface area contributed by atoms with Gasteiger partial charge in [0, 0.05) is 11.6 Å². The van der Waals surface area contributed by atoms with Gasteiger partial charge in [-0.2, -0.15) is 0 Å². The molecule has 0 unspecified atom stereocenters. The van der Waals surface area contributed by atoms with Gasteiger partial charge in [0.15, 0.2) is 11.6 Å². The zero-order valence-corrected chi connectivity index (χ0v) is 17.9. The number of nitrogens with one attached hydrogen (secondary N) is 1. The Morgan fingerprint density at radius 2 is 1.87 bits per heavy atom. The molecule has 1 amide bonds. The molecule has 1 fully saturated rings. The molecule has 162 valence electrons. The zero-order chi connectivity index (χ0) is 21.6. The highest BCUT2D eigenvalue weighted by atomic mass is 16.6. The van der Waals surface area contributed by atoms with E-state index in [-0.39, 0.29) is 18.7 Å². The molecule has 30 heavy (non-hydrogen) atoms. The fraction of sp³-hybridized carbons (Fsp3) is 0.522. The summed E-state index contributed by atoms with van der Waals surface area (Å²) in [7, 11) is 0. The van der Waals surface area contributed by atoms with Crippen LogP contribution in [-0.4, -0.2) is 39.4 Å². The van der Waals surface area contributed by atoms with Gasteiger partial charge in [-0.25, -0.2) is 14.8 Å². The first-order chi connectivity index (χ1) is 14.3. The van der Waals surface area contributed by atoms with Gasteiger partial charge in [0.25, 0.3) is 0 Å². The predicted octanol–water partition coefficient (Wildman–Crippen LogP) is 4.10. The van der Waals surface area contributed by atoms with Crippen LogP contribution in [0.4, 0.5) is 4.79 Å². The minimum atomic E-state index is -0.478. The number of alkyl carbamates (subject to hydrolysis) is 1. The van der Waals surface area contributed by atoms with Gasteiger partial charge in [-0.3, -0.25) is 0 Å². The summed E-state index contributed by atoms with van der Waals surface area (Å²) in [5.41, 5.74) is 1.21. The van der Waals surface area contributed by atoms with E-state index in [1.165, 1.54) is 0 Å². The van der Waals surface area contributed by atoms with Crippen LogP contribution in [0.5, 0.6) is 5.75 Å². The van der Waals surface area contributed by atoms with E-state index in [4.69, 9.17) is 9.47 Å². The van der Waals surface area contributed by atoms with Crippen LogP contribution in [0.15, 0.2) is 36.7 Å². The van der Waals surface area contributed by atoms with Crippen molar-refractivity contribution < 1.29 is 19.4 Å². The Balaban J connectivity index is 1.43. The van der Waals surface area contributed by atoms with Crippen molar-refractivity contribution in [2.45, 2.75) is 64.7 Å². The smallest absolute Gasteiger partial charge is 0.407 e. The fourth-order valence-electron chi connectivity index (χ4n) is 3.51. The van der Waals surface area contributed by atoms with Crippen LogP contribution < -0.4 is 10.1 Å². The number of aliphatic hydroxyl groups is 1. The lowest BCUT2D eigenvalue weighted by Crippen LogP contribution is -2.41. The van der Waals surface area contributed by atoms with Crippen LogP contribution in [0.2, 0.25) is 0 Å². The van der Waals surface area contributed by atoms with Crippen LogP contribution in [0.1, 0.15) is 52.0 Å². The highest BCUT2D eigenvalue weighted by Crippen LogP contribution is 2.26. The highest BCUT2D eigenvalue weighted by molar-refractivity contribution is 5.68.